The highest BCUT2D eigenvalue weighted by atomic mass is 16.5. The summed E-state index contributed by atoms with van der Waals surface area (Å²) in [4.78, 5) is 27.1. The molecule has 1 aliphatic heterocycles. The lowest BCUT2D eigenvalue weighted by atomic mass is 9.79. The van der Waals surface area contributed by atoms with Crippen molar-refractivity contribution in [3.05, 3.63) is 114 Å². The molecule has 0 unspecified atom stereocenters. The number of hydrogen-bond donors (Lipinski definition) is 1. The molecule has 1 aliphatic rings. The van der Waals surface area contributed by atoms with Crippen LogP contribution in [0.4, 0.5) is 0 Å². The summed E-state index contributed by atoms with van der Waals surface area (Å²) in [7, 11) is 0. The summed E-state index contributed by atoms with van der Waals surface area (Å²) >= 11 is 0. The molecule has 1 aromatic heterocycles. The van der Waals surface area contributed by atoms with E-state index in [0.29, 0.717) is 40.4 Å². The van der Waals surface area contributed by atoms with Gasteiger partial charge in [0.05, 0.1) is 35.1 Å². The zero-order valence-electron chi connectivity index (χ0n) is 25.8. The zero-order valence-corrected chi connectivity index (χ0v) is 25.8. The van der Waals surface area contributed by atoms with Gasteiger partial charge in [0.25, 0.3) is 0 Å². The summed E-state index contributed by atoms with van der Waals surface area (Å²) in [5, 5.41) is 8.18. The number of unbranched alkanes of at least 4 members (excludes halogenated alkanes) is 3. The Balaban J connectivity index is 1.84. The van der Waals surface area contributed by atoms with Crippen molar-refractivity contribution in [1.29, 1.82) is 0 Å². The number of aromatic nitrogens is 2. The van der Waals surface area contributed by atoms with Crippen LogP contribution >= 0.6 is 0 Å². The fourth-order valence-corrected chi connectivity index (χ4v) is 5.23. The second kappa shape index (κ2) is 15.6. The Morgan fingerprint density at radius 2 is 1.50 bits per heavy atom. The van der Waals surface area contributed by atoms with Gasteiger partial charge in [-0.1, -0.05) is 69.7 Å². The van der Waals surface area contributed by atoms with E-state index in [2.05, 4.69) is 25.4 Å². The van der Waals surface area contributed by atoms with Crippen LogP contribution in [0.1, 0.15) is 57.9 Å². The molecular weight excluding hydrogens is 554 g/mol. The molecule has 2 heterocycles. The summed E-state index contributed by atoms with van der Waals surface area (Å²) in [6, 6.07) is 17.4. The number of ether oxygens (including phenoxy) is 3. The quantitative estimate of drug-likeness (QED) is 0.113. The fourth-order valence-electron chi connectivity index (χ4n) is 5.23. The number of esters is 2. The molecule has 0 amide bonds. The number of carbonyl (C=O) groups is 2. The first-order valence-electron chi connectivity index (χ1n) is 15.0. The standard InChI is InChI=1S/C36H41N3O5/c1-6-9-10-14-23-42-29-19-17-27(18-20-29)34-30(24-39(38-34)28-15-12-11-13-16-28)33-31(35(40)43-21-7-2)25(4)37-26(5)32(33)36(41)44-22-8-3/h7-8,11-13,15-20,24,33,37H,2-3,6,9-10,14,21-23H2,1,4-5H3. The normalized spacial score (nSPS) is 13.3. The van der Waals surface area contributed by atoms with Gasteiger partial charge in [-0.2, -0.15) is 5.10 Å². The van der Waals surface area contributed by atoms with Gasteiger partial charge in [0.1, 0.15) is 19.0 Å². The predicted molar refractivity (Wildman–Crippen MR) is 172 cm³/mol. The van der Waals surface area contributed by atoms with Crippen LogP contribution in [0.15, 0.2) is 109 Å². The minimum Gasteiger partial charge on any atom is -0.494 e. The number of benzene rings is 2. The molecule has 230 valence electrons. The van der Waals surface area contributed by atoms with Crippen LogP contribution in [0.25, 0.3) is 16.9 Å². The third-order valence-corrected chi connectivity index (χ3v) is 7.33. The van der Waals surface area contributed by atoms with Crippen LogP contribution in [0.5, 0.6) is 5.75 Å². The number of dihydropyridines is 1. The molecule has 0 atom stereocenters. The van der Waals surface area contributed by atoms with Gasteiger partial charge in [0, 0.05) is 28.7 Å². The van der Waals surface area contributed by atoms with Gasteiger partial charge in [-0.3, -0.25) is 0 Å². The molecule has 0 bridgehead atoms. The number of carbonyl (C=O) groups excluding carboxylic acids is 2. The molecule has 2 aromatic carbocycles. The van der Waals surface area contributed by atoms with Crippen LogP contribution in [0.2, 0.25) is 0 Å². The van der Waals surface area contributed by atoms with E-state index in [0.717, 1.165) is 29.8 Å². The van der Waals surface area contributed by atoms with Crippen LogP contribution in [-0.4, -0.2) is 41.5 Å². The lowest BCUT2D eigenvalue weighted by Crippen LogP contribution is -2.32. The van der Waals surface area contributed by atoms with Gasteiger partial charge in [-0.05, 0) is 56.7 Å². The van der Waals surface area contributed by atoms with Crippen molar-refractivity contribution in [2.45, 2.75) is 52.4 Å². The molecule has 8 heteroatoms. The van der Waals surface area contributed by atoms with E-state index >= 15 is 0 Å². The van der Waals surface area contributed by atoms with E-state index in [4.69, 9.17) is 19.3 Å². The molecule has 0 fully saturated rings. The van der Waals surface area contributed by atoms with Crippen molar-refractivity contribution in [3.8, 4) is 22.7 Å². The second-order valence-electron chi connectivity index (χ2n) is 10.6. The summed E-state index contributed by atoms with van der Waals surface area (Å²) in [6.45, 7) is 13.8. The molecule has 1 N–H and O–H groups in total. The maximum absolute atomic E-state index is 13.6. The Bertz CT molecular complexity index is 1490. The minimum absolute atomic E-state index is 0.0251. The Kier molecular flexibility index (Phi) is 11.3. The predicted octanol–water partition coefficient (Wildman–Crippen LogP) is 7.19. The van der Waals surface area contributed by atoms with Crippen molar-refractivity contribution in [2.75, 3.05) is 19.8 Å². The van der Waals surface area contributed by atoms with Gasteiger partial charge in [-0.25, -0.2) is 14.3 Å². The molecule has 0 saturated carbocycles. The molecule has 0 saturated heterocycles. The largest absolute Gasteiger partial charge is 0.494 e. The summed E-state index contributed by atoms with van der Waals surface area (Å²) in [6.07, 6.45) is 9.39. The fraction of sp³-hybridized carbons (Fsp3) is 0.306. The molecule has 3 aromatic rings. The van der Waals surface area contributed by atoms with Crippen LogP contribution in [-0.2, 0) is 19.1 Å². The molecule has 0 aliphatic carbocycles. The van der Waals surface area contributed by atoms with Crippen molar-refractivity contribution < 1.29 is 23.8 Å². The van der Waals surface area contributed by atoms with Crippen molar-refractivity contribution in [3.63, 3.8) is 0 Å². The number of para-hydroxylation sites is 1. The number of nitrogens with zero attached hydrogens (tertiary/aromatic N) is 2. The van der Waals surface area contributed by atoms with E-state index in [1.807, 2.05) is 60.8 Å². The Hall–Kier alpha value is -4.85. The van der Waals surface area contributed by atoms with E-state index in [-0.39, 0.29) is 13.2 Å². The SMILES string of the molecule is C=CCOC(=O)C1=C(C)NC(C)=C(C(=O)OCC=C)C1c1cn(-c2ccccc2)nc1-c1ccc(OCCCCCC)cc1. The van der Waals surface area contributed by atoms with E-state index in [1.165, 1.54) is 25.0 Å². The van der Waals surface area contributed by atoms with Gasteiger partial charge in [-0.15, -0.1) is 0 Å². The maximum atomic E-state index is 13.6. The van der Waals surface area contributed by atoms with E-state index < -0.39 is 17.9 Å². The van der Waals surface area contributed by atoms with Crippen LogP contribution < -0.4 is 10.1 Å². The number of allylic oxidation sites excluding steroid dienone is 2. The van der Waals surface area contributed by atoms with Crippen molar-refractivity contribution in [2.24, 2.45) is 0 Å². The molecular formula is C36H41N3O5. The van der Waals surface area contributed by atoms with E-state index in [1.54, 1.807) is 18.5 Å². The molecule has 0 spiro atoms. The first-order chi connectivity index (χ1) is 21.4. The lowest BCUT2D eigenvalue weighted by molar-refractivity contribution is -0.138. The molecule has 4 rings (SSSR count). The molecule has 44 heavy (non-hydrogen) atoms. The highest BCUT2D eigenvalue weighted by molar-refractivity contribution is 6.00. The number of rotatable bonds is 15. The number of hydrogen-bond acceptors (Lipinski definition) is 7. The molecule has 0 radical (unpaired) electrons. The third kappa shape index (κ3) is 7.56. The van der Waals surface area contributed by atoms with Gasteiger partial charge in [0.2, 0.25) is 0 Å². The topological polar surface area (TPSA) is 91.7 Å². The highest BCUT2D eigenvalue weighted by Crippen LogP contribution is 2.43. The Morgan fingerprint density at radius 3 is 2.07 bits per heavy atom. The maximum Gasteiger partial charge on any atom is 0.337 e. The summed E-state index contributed by atoms with van der Waals surface area (Å²) in [5.41, 5.74) is 4.64. The van der Waals surface area contributed by atoms with Gasteiger partial charge in [0.15, 0.2) is 0 Å². The van der Waals surface area contributed by atoms with Crippen LogP contribution in [0.3, 0.4) is 0 Å². The smallest absolute Gasteiger partial charge is 0.337 e. The average Bonchev–Trinajstić information content (AvgIpc) is 3.48. The minimum atomic E-state index is -0.826. The molecule has 8 nitrogen and oxygen atoms in total. The first-order valence-corrected chi connectivity index (χ1v) is 15.0. The highest BCUT2D eigenvalue weighted by Gasteiger charge is 2.40. The van der Waals surface area contributed by atoms with Gasteiger partial charge >= 0.3 is 11.9 Å². The number of nitrogens with one attached hydrogen (secondary N) is 1. The Labute approximate surface area is 259 Å². The van der Waals surface area contributed by atoms with Crippen LogP contribution in [0, 0.1) is 0 Å². The van der Waals surface area contributed by atoms with Gasteiger partial charge < -0.3 is 19.5 Å². The Morgan fingerprint density at radius 1 is 0.886 bits per heavy atom. The second-order valence-corrected chi connectivity index (χ2v) is 10.6. The van der Waals surface area contributed by atoms with E-state index in [9.17, 15) is 9.59 Å². The third-order valence-electron chi connectivity index (χ3n) is 7.33. The van der Waals surface area contributed by atoms with Crippen molar-refractivity contribution >= 4 is 11.9 Å². The summed E-state index contributed by atoms with van der Waals surface area (Å²) in [5.74, 6) is -1.18. The average molecular weight is 596 g/mol. The first kappa shape index (κ1) is 32.1. The lowest BCUT2D eigenvalue weighted by Gasteiger charge is -2.30. The zero-order chi connectivity index (χ0) is 31.5. The van der Waals surface area contributed by atoms with Crippen molar-refractivity contribution in [1.82, 2.24) is 15.1 Å². The summed E-state index contributed by atoms with van der Waals surface area (Å²) < 4.78 is 18.8. The monoisotopic (exact) mass is 595 g/mol.